The zero-order valence-corrected chi connectivity index (χ0v) is 4.60. The number of ether oxygens (including phenoxy) is 2. The van der Waals surface area contributed by atoms with Crippen molar-refractivity contribution >= 4 is 0 Å². The summed E-state index contributed by atoms with van der Waals surface area (Å²) in [7, 11) is 1.46. The van der Waals surface area contributed by atoms with Crippen LogP contribution in [0.4, 0.5) is 0 Å². The predicted molar refractivity (Wildman–Crippen MR) is 26.4 cm³/mol. The van der Waals surface area contributed by atoms with E-state index in [0.29, 0.717) is 6.61 Å². The van der Waals surface area contributed by atoms with Crippen LogP contribution in [0.3, 0.4) is 0 Å². The fourth-order valence-corrected chi connectivity index (χ4v) is 0.201. The second kappa shape index (κ2) is 3.53. The molecule has 0 saturated heterocycles. The van der Waals surface area contributed by atoms with Crippen molar-refractivity contribution in [2.24, 2.45) is 0 Å². The molecule has 0 aromatic heterocycles. The van der Waals surface area contributed by atoms with Crippen LogP contribution < -0.4 is 0 Å². The van der Waals surface area contributed by atoms with Crippen LogP contribution in [0.15, 0.2) is 5.95 Å². The molecule has 0 aliphatic rings. The Labute approximate surface area is 43.7 Å². The molecule has 0 aliphatic carbocycles. The van der Waals surface area contributed by atoms with Gasteiger partial charge in [-0.25, -0.2) is 0 Å². The zero-order chi connectivity index (χ0) is 5.70. The van der Waals surface area contributed by atoms with E-state index < -0.39 is 0 Å². The van der Waals surface area contributed by atoms with Crippen LogP contribution in [0.5, 0.6) is 0 Å². The van der Waals surface area contributed by atoms with Gasteiger partial charge in [0.25, 0.3) is 5.95 Å². The van der Waals surface area contributed by atoms with Gasteiger partial charge in [-0.3, -0.25) is 0 Å². The Bertz CT molecular complexity index is 59.1. The third-order valence-corrected chi connectivity index (χ3v) is 0.488. The van der Waals surface area contributed by atoms with Crippen LogP contribution in [-0.2, 0) is 9.47 Å². The molecule has 0 N–H and O–H groups in total. The van der Waals surface area contributed by atoms with Crippen LogP contribution in [0.1, 0.15) is 6.92 Å². The molecule has 2 heteroatoms. The summed E-state index contributed by atoms with van der Waals surface area (Å²) >= 11 is 0. The molecule has 41 valence electrons. The summed E-state index contributed by atoms with van der Waals surface area (Å²) in [6.07, 6.45) is 0. The molecule has 0 aromatic carbocycles. The quantitative estimate of drug-likeness (QED) is 0.492. The fourth-order valence-electron chi connectivity index (χ4n) is 0.201. The molecule has 0 fully saturated rings. The Morgan fingerprint density at radius 1 is 1.71 bits per heavy atom. The Morgan fingerprint density at radius 2 is 2.29 bits per heavy atom. The normalized spacial score (nSPS) is 7.71. The third-order valence-electron chi connectivity index (χ3n) is 0.488. The number of rotatable bonds is 3. The van der Waals surface area contributed by atoms with Gasteiger partial charge in [-0.1, -0.05) is 0 Å². The fraction of sp³-hybridized carbons (Fsp3) is 0.600. The highest BCUT2D eigenvalue weighted by Crippen LogP contribution is 1.89. The first kappa shape index (κ1) is 6.34. The first-order valence-corrected chi connectivity index (χ1v) is 2.10. The third kappa shape index (κ3) is 3.16. The van der Waals surface area contributed by atoms with Gasteiger partial charge < -0.3 is 9.47 Å². The minimum Gasteiger partial charge on any atom is -0.469 e. The molecule has 0 heterocycles. The highest BCUT2D eigenvalue weighted by molar-refractivity contribution is 4.59. The van der Waals surface area contributed by atoms with Crippen molar-refractivity contribution in [2.75, 3.05) is 13.7 Å². The van der Waals surface area contributed by atoms with Crippen molar-refractivity contribution in [2.45, 2.75) is 6.92 Å². The van der Waals surface area contributed by atoms with Gasteiger partial charge in [0.1, 0.15) is 0 Å². The summed E-state index contributed by atoms with van der Waals surface area (Å²) in [4.78, 5) is 0. The van der Waals surface area contributed by atoms with Crippen LogP contribution in [0.2, 0.25) is 0 Å². The van der Waals surface area contributed by atoms with Gasteiger partial charge in [-0.15, -0.1) is 0 Å². The van der Waals surface area contributed by atoms with E-state index in [1.54, 1.807) is 0 Å². The van der Waals surface area contributed by atoms with Gasteiger partial charge in [-0.2, -0.15) is 0 Å². The second-order valence-corrected chi connectivity index (χ2v) is 0.956. The highest BCUT2D eigenvalue weighted by Gasteiger charge is 1.83. The molecule has 1 radical (unpaired) electrons. The second-order valence-electron chi connectivity index (χ2n) is 0.956. The lowest BCUT2D eigenvalue weighted by Gasteiger charge is -2.01. The van der Waals surface area contributed by atoms with E-state index in [1.165, 1.54) is 7.11 Å². The molecule has 7 heavy (non-hydrogen) atoms. The minimum absolute atomic E-state index is 0.127. The Morgan fingerprint density at radius 3 is 2.43 bits per heavy atom. The highest BCUT2D eigenvalue weighted by atomic mass is 16.7. The van der Waals surface area contributed by atoms with Crippen molar-refractivity contribution in [3.05, 3.63) is 12.5 Å². The monoisotopic (exact) mass is 101 g/mol. The van der Waals surface area contributed by atoms with E-state index in [0.717, 1.165) is 0 Å². The topological polar surface area (TPSA) is 18.5 Å². The molecular weight excluding hydrogens is 92.1 g/mol. The van der Waals surface area contributed by atoms with E-state index in [4.69, 9.17) is 6.58 Å². The van der Waals surface area contributed by atoms with Gasteiger partial charge in [0.2, 0.25) is 0 Å². The standard InChI is InChI=1S/C5H9O2/c1-4-7-5(2)6-3/h2H,4H2,1,3H3. The summed E-state index contributed by atoms with van der Waals surface area (Å²) in [5.74, 6) is 0.127. The van der Waals surface area contributed by atoms with Gasteiger partial charge in [0.05, 0.1) is 13.7 Å². The summed E-state index contributed by atoms with van der Waals surface area (Å²) in [5, 5.41) is 0. The van der Waals surface area contributed by atoms with Crippen LogP contribution in [0.25, 0.3) is 0 Å². The average molecular weight is 101 g/mol. The first-order valence-electron chi connectivity index (χ1n) is 2.10. The zero-order valence-electron chi connectivity index (χ0n) is 4.60. The lowest BCUT2D eigenvalue weighted by Crippen LogP contribution is -1.90. The predicted octanol–water partition coefficient (Wildman–Crippen LogP) is 0.944. The molecule has 0 aromatic rings. The Hall–Kier alpha value is -0.660. The van der Waals surface area contributed by atoms with E-state index in [2.05, 4.69) is 9.47 Å². The van der Waals surface area contributed by atoms with E-state index in [1.807, 2.05) is 6.92 Å². The lowest BCUT2D eigenvalue weighted by molar-refractivity contribution is 0.0694. The van der Waals surface area contributed by atoms with Gasteiger partial charge in [0, 0.05) is 6.58 Å². The van der Waals surface area contributed by atoms with Gasteiger partial charge in [-0.05, 0) is 6.92 Å². The number of methoxy groups -OCH3 is 1. The molecule has 0 spiro atoms. The summed E-state index contributed by atoms with van der Waals surface area (Å²) in [5.41, 5.74) is 0. The van der Waals surface area contributed by atoms with Crippen LogP contribution in [0, 0.1) is 6.58 Å². The Kier molecular flexibility index (Phi) is 3.19. The Balaban J connectivity index is 3.00. The van der Waals surface area contributed by atoms with Gasteiger partial charge in [0.15, 0.2) is 0 Å². The van der Waals surface area contributed by atoms with Gasteiger partial charge >= 0.3 is 0 Å². The van der Waals surface area contributed by atoms with Crippen molar-refractivity contribution in [3.63, 3.8) is 0 Å². The molecule has 0 bridgehead atoms. The van der Waals surface area contributed by atoms with Crippen molar-refractivity contribution in [1.29, 1.82) is 0 Å². The molecule has 0 unspecified atom stereocenters. The molecule has 0 amide bonds. The average Bonchev–Trinajstić information content (AvgIpc) is 1.68. The molecule has 2 nitrogen and oxygen atoms in total. The maximum atomic E-state index is 5.06. The minimum atomic E-state index is 0.127. The largest absolute Gasteiger partial charge is 0.469 e. The van der Waals surface area contributed by atoms with E-state index in [9.17, 15) is 0 Å². The number of hydrogen-bond acceptors (Lipinski definition) is 2. The van der Waals surface area contributed by atoms with Crippen molar-refractivity contribution < 1.29 is 9.47 Å². The summed E-state index contributed by atoms with van der Waals surface area (Å²) < 4.78 is 9.13. The van der Waals surface area contributed by atoms with Crippen molar-refractivity contribution in [3.8, 4) is 0 Å². The summed E-state index contributed by atoms with van der Waals surface area (Å²) in [6.45, 7) is 7.45. The van der Waals surface area contributed by atoms with E-state index in [-0.39, 0.29) is 5.95 Å². The van der Waals surface area contributed by atoms with Crippen LogP contribution >= 0.6 is 0 Å². The molecule has 0 saturated carbocycles. The van der Waals surface area contributed by atoms with E-state index >= 15 is 0 Å². The molecule has 0 aliphatic heterocycles. The SMILES string of the molecule is [CH]=C(OC)OCC. The smallest absolute Gasteiger partial charge is 0.279 e. The molecule has 0 atom stereocenters. The first-order chi connectivity index (χ1) is 3.31. The maximum absolute atomic E-state index is 5.06. The number of hydrogen-bond donors (Lipinski definition) is 0. The van der Waals surface area contributed by atoms with Crippen molar-refractivity contribution in [1.82, 2.24) is 0 Å². The lowest BCUT2D eigenvalue weighted by atomic mass is 10.8. The molecule has 0 rings (SSSR count). The maximum Gasteiger partial charge on any atom is 0.279 e. The summed E-state index contributed by atoms with van der Waals surface area (Å²) in [6, 6.07) is 0. The molecular formula is C5H9O2. The van der Waals surface area contributed by atoms with Crippen LogP contribution in [-0.4, -0.2) is 13.7 Å².